The van der Waals surface area contributed by atoms with Crippen LogP contribution in [0.5, 0.6) is 5.75 Å². The third-order valence-electron chi connectivity index (χ3n) is 6.51. The van der Waals surface area contributed by atoms with Gasteiger partial charge in [0.05, 0.1) is 41.4 Å². The van der Waals surface area contributed by atoms with Crippen molar-refractivity contribution in [2.24, 2.45) is 10.7 Å². The number of carbonyl (C=O) groups is 3. The van der Waals surface area contributed by atoms with Gasteiger partial charge in [0.15, 0.2) is 5.96 Å². The number of anilines is 1. The van der Waals surface area contributed by atoms with E-state index in [1.165, 1.54) is 19.5 Å². The molecule has 4 rings (SSSR count). The highest BCUT2D eigenvalue weighted by molar-refractivity contribution is 6.35. The number of nitrogens with two attached hydrogens (primary N) is 1. The van der Waals surface area contributed by atoms with Gasteiger partial charge in [-0.2, -0.15) is 13.2 Å². The fraction of sp³-hybridized carbons (Fsp3) is 0.423. The number of nitrogens with one attached hydrogen (secondary N) is 1. The fourth-order valence-corrected chi connectivity index (χ4v) is 4.95. The second-order valence-corrected chi connectivity index (χ2v) is 9.92. The van der Waals surface area contributed by atoms with Gasteiger partial charge in [0, 0.05) is 30.6 Å². The van der Waals surface area contributed by atoms with E-state index >= 15 is 0 Å². The maximum absolute atomic E-state index is 13.2. The summed E-state index contributed by atoms with van der Waals surface area (Å²) in [5.74, 6) is -2.73. The summed E-state index contributed by atoms with van der Waals surface area (Å²) in [6, 6.07) is 6.79. The highest BCUT2D eigenvalue weighted by atomic mass is 35.5. The first-order chi connectivity index (χ1) is 19.2. The predicted molar refractivity (Wildman–Crippen MR) is 143 cm³/mol. The molecule has 0 radical (unpaired) electrons. The number of hydrogen-bond acceptors (Lipinski definition) is 8. The van der Waals surface area contributed by atoms with Crippen LogP contribution in [0.4, 0.5) is 18.9 Å². The smallest absolute Gasteiger partial charge is 0.490 e. The largest absolute Gasteiger partial charge is 0.496 e. The summed E-state index contributed by atoms with van der Waals surface area (Å²) in [7, 11) is 1.48. The van der Waals surface area contributed by atoms with E-state index in [0.717, 1.165) is 0 Å². The van der Waals surface area contributed by atoms with Gasteiger partial charge >= 0.3 is 12.1 Å². The quantitative estimate of drug-likeness (QED) is 0.466. The van der Waals surface area contributed by atoms with Crippen molar-refractivity contribution in [1.82, 2.24) is 9.88 Å². The van der Waals surface area contributed by atoms with Crippen LogP contribution in [0.15, 0.2) is 41.7 Å². The van der Waals surface area contributed by atoms with Gasteiger partial charge in [-0.1, -0.05) is 23.7 Å². The number of nitrogens with zero attached hydrogens (tertiary/aromatic N) is 3. The number of amides is 2. The van der Waals surface area contributed by atoms with Crippen molar-refractivity contribution >= 4 is 41.0 Å². The molecule has 2 amide bonds. The van der Waals surface area contributed by atoms with Crippen molar-refractivity contribution in [1.29, 1.82) is 0 Å². The molecule has 4 N–H and O–H groups in total. The van der Waals surface area contributed by atoms with E-state index in [9.17, 15) is 22.8 Å². The van der Waals surface area contributed by atoms with Crippen molar-refractivity contribution in [3.63, 3.8) is 0 Å². The number of pyridine rings is 1. The van der Waals surface area contributed by atoms with Crippen molar-refractivity contribution in [3.05, 3.63) is 52.8 Å². The van der Waals surface area contributed by atoms with Crippen LogP contribution in [0.1, 0.15) is 49.0 Å². The molecule has 3 atom stereocenters. The van der Waals surface area contributed by atoms with Gasteiger partial charge in [0.25, 0.3) is 5.91 Å². The molecular weight excluding hydrogens is 571 g/mol. The van der Waals surface area contributed by atoms with Gasteiger partial charge < -0.3 is 25.6 Å². The van der Waals surface area contributed by atoms with Gasteiger partial charge in [0.2, 0.25) is 5.91 Å². The molecule has 2 aromatic rings. The first kappa shape index (κ1) is 31.6. The van der Waals surface area contributed by atoms with Gasteiger partial charge in [0.1, 0.15) is 5.75 Å². The number of aromatic nitrogens is 1. The Labute approximate surface area is 238 Å². The molecule has 0 bridgehead atoms. The number of carbonyl (C=O) groups excluding carboxylic acids is 2. The van der Waals surface area contributed by atoms with Gasteiger partial charge in [-0.3, -0.25) is 19.5 Å². The highest BCUT2D eigenvalue weighted by Crippen LogP contribution is 2.41. The molecule has 1 saturated heterocycles. The van der Waals surface area contributed by atoms with E-state index in [0.29, 0.717) is 41.5 Å². The molecule has 0 saturated carbocycles. The molecule has 2 aliphatic heterocycles. The first-order valence-electron chi connectivity index (χ1n) is 12.4. The first-order valence-corrected chi connectivity index (χ1v) is 12.7. The van der Waals surface area contributed by atoms with E-state index in [1.807, 2.05) is 13.8 Å². The average Bonchev–Trinajstić information content (AvgIpc) is 2.89. The molecule has 1 fully saturated rings. The number of carboxylic acids is 1. The normalized spacial score (nSPS) is 22.7. The molecule has 1 aromatic heterocycles. The Balaban J connectivity index is 0.000000587. The lowest BCUT2D eigenvalue weighted by molar-refractivity contribution is -0.192. The van der Waals surface area contributed by atoms with Crippen LogP contribution in [-0.2, 0) is 19.9 Å². The molecule has 0 unspecified atom stereocenters. The zero-order valence-corrected chi connectivity index (χ0v) is 23.1. The maximum Gasteiger partial charge on any atom is 0.490 e. The summed E-state index contributed by atoms with van der Waals surface area (Å²) < 4.78 is 42.6. The predicted octanol–water partition coefficient (Wildman–Crippen LogP) is 3.96. The zero-order chi connectivity index (χ0) is 30.5. The Bertz CT molecular complexity index is 1340. The second-order valence-electron chi connectivity index (χ2n) is 9.54. The second kappa shape index (κ2) is 12.7. The number of halogens is 4. The average molecular weight is 600 g/mol. The lowest BCUT2D eigenvalue weighted by atomic mass is 9.86. The lowest BCUT2D eigenvalue weighted by Gasteiger charge is -2.41. The van der Waals surface area contributed by atoms with Crippen molar-refractivity contribution in [2.45, 2.75) is 57.0 Å². The summed E-state index contributed by atoms with van der Waals surface area (Å²) in [6.45, 7) is 4.38. The number of guanidine groups is 1. The van der Waals surface area contributed by atoms with E-state index < -0.39 is 23.6 Å². The van der Waals surface area contributed by atoms with Crippen molar-refractivity contribution in [2.75, 3.05) is 19.0 Å². The number of aliphatic imine (C=N–C) groups is 1. The van der Waals surface area contributed by atoms with Gasteiger partial charge in [-0.15, -0.1) is 0 Å². The van der Waals surface area contributed by atoms with Crippen molar-refractivity contribution in [3.8, 4) is 5.75 Å². The standard InChI is InChI=1S/C24H28ClN5O4.C2HF3O2/c1-14-11-15(8-10-34-14)30-20(31)12-24(2,29-23(30)26)17-5-4-6-18(21(17)25)28-22(32)16-13-27-9-7-19(16)33-3;3-2(4,5)1(6)7/h4-7,9,13-15H,8,10-12H2,1-3H3,(H2,26,29)(H,28,32);(H,6,7)/t14-,15-,24+;/m1./s1. The van der Waals surface area contributed by atoms with E-state index in [4.69, 9.17) is 41.7 Å². The minimum atomic E-state index is -5.08. The highest BCUT2D eigenvalue weighted by Gasteiger charge is 2.42. The summed E-state index contributed by atoms with van der Waals surface area (Å²) in [5.41, 5.74) is 6.60. The molecule has 3 heterocycles. The Morgan fingerprint density at radius 2 is 2.00 bits per heavy atom. The Morgan fingerprint density at radius 1 is 1.32 bits per heavy atom. The molecule has 0 aliphatic carbocycles. The van der Waals surface area contributed by atoms with Crippen LogP contribution in [0, 0.1) is 0 Å². The van der Waals surface area contributed by atoms with Crippen LogP contribution in [0.25, 0.3) is 0 Å². The van der Waals surface area contributed by atoms with Crippen LogP contribution in [-0.4, -0.2) is 70.8 Å². The number of ether oxygens (including phenoxy) is 2. The minimum Gasteiger partial charge on any atom is -0.496 e. The third-order valence-corrected chi connectivity index (χ3v) is 6.92. The van der Waals surface area contributed by atoms with Crippen LogP contribution in [0.2, 0.25) is 5.02 Å². The fourth-order valence-electron chi connectivity index (χ4n) is 4.57. The summed E-state index contributed by atoms with van der Waals surface area (Å²) in [6.07, 6.45) is -0.545. The molecule has 15 heteroatoms. The number of methoxy groups -OCH3 is 1. The third kappa shape index (κ3) is 7.44. The number of alkyl halides is 3. The summed E-state index contributed by atoms with van der Waals surface area (Å²) in [5, 5.41) is 10.2. The van der Waals surface area contributed by atoms with E-state index in [2.05, 4.69) is 10.3 Å². The molecule has 0 spiro atoms. The number of benzene rings is 1. The number of hydrogen-bond donors (Lipinski definition) is 3. The van der Waals surface area contributed by atoms with Gasteiger partial charge in [-0.25, -0.2) is 9.79 Å². The number of aliphatic carboxylic acids is 1. The van der Waals surface area contributed by atoms with Crippen LogP contribution in [0.3, 0.4) is 0 Å². The van der Waals surface area contributed by atoms with Crippen LogP contribution < -0.4 is 15.8 Å². The summed E-state index contributed by atoms with van der Waals surface area (Å²) >= 11 is 6.72. The molecular formula is C26H29ClF3N5O6. The Kier molecular flexibility index (Phi) is 9.81. The SMILES string of the molecule is COc1ccncc1C(=O)Nc1cccc([C@]2(C)CC(=O)N([C@@H]3CCO[C@H](C)C3)C(N)=N2)c1Cl.O=C(O)C(F)(F)F. The van der Waals surface area contributed by atoms with Crippen LogP contribution >= 0.6 is 11.6 Å². The molecule has 1 aromatic carbocycles. The molecule has 11 nitrogen and oxygen atoms in total. The van der Waals surface area contributed by atoms with Crippen molar-refractivity contribution < 1.29 is 42.1 Å². The van der Waals surface area contributed by atoms with Gasteiger partial charge in [-0.05, 0) is 38.8 Å². The monoisotopic (exact) mass is 599 g/mol. The molecule has 2 aliphatic rings. The Morgan fingerprint density at radius 3 is 2.59 bits per heavy atom. The molecule has 41 heavy (non-hydrogen) atoms. The topological polar surface area (TPSA) is 156 Å². The minimum absolute atomic E-state index is 0.0416. The summed E-state index contributed by atoms with van der Waals surface area (Å²) in [4.78, 5) is 45.3. The molecule has 222 valence electrons. The maximum atomic E-state index is 13.2. The number of carboxylic acid groups (broad SMARTS) is 1. The number of rotatable bonds is 5. The van der Waals surface area contributed by atoms with E-state index in [-0.39, 0.29) is 36.0 Å². The van der Waals surface area contributed by atoms with E-state index in [1.54, 1.807) is 29.2 Å². The zero-order valence-electron chi connectivity index (χ0n) is 22.4. The Hall–Kier alpha value is -3.91. The lowest BCUT2D eigenvalue weighted by Crippen LogP contribution is -2.56.